The van der Waals surface area contributed by atoms with E-state index in [-0.39, 0.29) is 24.2 Å². The molecular formula is C18H28N2O3. The Kier molecular flexibility index (Phi) is 6.13. The number of likely N-dealkylation sites (tertiary alicyclic amines) is 1. The molecule has 0 aromatic carbocycles. The SMILES string of the molecule is CCc1c(C(=O)CN2CCCCC2CCO)[nH]c(C)c1C(C)=O. The van der Waals surface area contributed by atoms with Crippen LogP contribution in [0, 0.1) is 6.92 Å². The molecule has 0 radical (unpaired) electrons. The van der Waals surface area contributed by atoms with Crippen molar-refractivity contribution in [3.05, 3.63) is 22.5 Å². The summed E-state index contributed by atoms with van der Waals surface area (Å²) < 4.78 is 0. The molecule has 1 aliphatic heterocycles. The Morgan fingerprint density at radius 2 is 2.09 bits per heavy atom. The molecule has 1 fully saturated rings. The molecule has 5 heteroatoms. The fourth-order valence-electron chi connectivity index (χ4n) is 3.75. The van der Waals surface area contributed by atoms with E-state index in [1.807, 2.05) is 13.8 Å². The zero-order valence-electron chi connectivity index (χ0n) is 14.4. The molecule has 128 valence electrons. The second kappa shape index (κ2) is 7.88. The van der Waals surface area contributed by atoms with Crippen molar-refractivity contribution in [3.63, 3.8) is 0 Å². The number of Topliss-reactive ketones (excluding diaryl/α,β-unsaturated/α-hetero) is 2. The standard InChI is InChI=1S/C18H28N2O3/c1-4-15-17(13(3)22)12(2)19-18(15)16(23)11-20-9-6-5-7-14(20)8-10-21/h14,19,21H,4-11H2,1-3H3. The Hall–Kier alpha value is -1.46. The number of aromatic nitrogens is 1. The first kappa shape index (κ1) is 17.9. The molecule has 1 atom stereocenters. The quantitative estimate of drug-likeness (QED) is 0.757. The van der Waals surface area contributed by atoms with Crippen LogP contribution in [-0.4, -0.2) is 52.3 Å². The number of nitrogens with one attached hydrogen (secondary N) is 1. The van der Waals surface area contributed by atoms with Crippen molar-refractivity contribution in [1.82, 2.24) is 9.88 Å². The minimum absolute atomic E-state index is 0.00535. The van der Waals surface area contributed by atoms with Gasteiger partial charge in [-0.3, -0.25) is 14.5 Å². The lowest BCUT2D eigenvalue weighted by molar-refractivity contribution is 0.0794. The number of aryl methyl sites for hydroxylation is 1. The van der Waals surface area contributed by atoms with Gasteiger partial charge in [0.05, 0.1) is 12.2 Å². The molecule has 0 amide bonds. The summed E-state index contributed by atoms with van der Waals surface area (Å²) in [5.41, 5.74) is 2.88. The predicted octanol–water partition coefficient (Wildman–Crippen LogP) is 2.51. The maximum Gasteiger partial charge on any atom is 0.193 e. The zero-order chi connectivity index (χ0) is 17.0. The number of aromatic amines is 1. The van der Waals surface area contributed by atoms with Gasteiger partial charge in [0.1, 0.15) is 0 Å². The number of carbonyl (C=O) groups is 2. The lowest BCUT2D eigenvalue weighted by atomic mass is 9.98. The van der Waals surface area contributed by atoms with Crippen LogP contribution in [0.4, 0.5) is 0 Å². The Morgan fingerprint density at radius 1 is 1.35 bits per heavy atom. The van der Waals surface area contributed by atoms with Crippen molar-refractivity contribution in [2.24, 2.45) is 0 Å². The Labute approximate surface area is 138 Å². The molecule has 23 heavy (non-hydrogen) atoms. The number of ketones is 2. The highest BCUT2D eigenvalue weighted by molar-refractivity contribution is 6.04. The summed E-state index contributed by atoms with van der Waals surface area (Å²) in [4.78, 5) is 29.9. The summed E-state index contributed by atoms with van der Waals surface area (Å²) in [5.74, 6) is 0.0491. The van der Waals surface area contributed by atoms with E-state index in [9.17, 15) is 14.7 Å². The second-order valence-corrected chi connectivity index (χ2v) is 6.44. The van der Waals surface area contributed by atoms with Crippen molar-refractivity contribution in [2.45, 2.75) is 58.9 Å². The summed E-state index contributed by atoms with van der Waals surface area (Å²) in [6, 6.07) is 0.283. The first-order valence-electron chi connectivity index (χ1n) is 8.60. The number of hydrogen-bond donors (Lipinski definition) is 2. The van der Waals surface area contributed by atoms with Crippen LogP contribution in [0.5, 0.6) is 0 Å². The minimum atomic E-state index is 0.00535. The number of nitrogens with zero attached hydrogens (tertiary/aromatic N) is 1. The van der Waals surface area contributed by atoms with Crippen molar-refractivity contribution in [2.75, 3.05) is 19.7 Å². The van der Waals surface area contributed by atoms with Gasteiger partial charge in [-0.15, -0.1) is 0 Å². The fourth-order valence-corrected chi connectivity index (χ4v) is 3.75. The minimum Gasteiger partial charge on any atom is -0.396 e. The van der Waals surface area contributed by atoms with Crippen molar-refractivity contribution in [3.8, 4) is 0 Å². The average molecular weight is 320 g/mol. The van der Waals surface area contributed by atoms with Gasteiger partial charge in [-0.05, 0) is 51.6 Å². The second-order valence-electron chi connectivity index (χ2n) is 6.44. The third-order valence-corrected chi connectivity index (χ3v) is 4.83. The smallest absolute Gasteiger partial charge is 0.193 e. The molecule has 2 rings (SSSR count). The van der Waals surface area contributed by atoms with Gasteiger partial charge in [-0.25, -0.2) is 0 Å². The van der Waals surface area contributed by atoms with Gasteiger partial charge in [0, 0.05) is 23.9 Å². The Bertz CT molecular complexity index is 575. The van der Waals surface area contributed by atoms with E-state index in [1.165, 1.54) is 0 Å². The van der Waals surface area contributed by atoms with E-state index < -0.39 is 0 Å². The predicted molar refractivity (Wildman–Crippen MR) is 90.2 cm³/mol. The highest BCUT2D eigenvalue weighted by Gasteiger charge is 2.27. The molecule has 2 heterocycles. The molecule has 0 bridgehead atoms. The van der Waals surface area contributed by atoms with Crippen LogP contribution in [0.25, 0.3) is 0 Å². The topological polar surface area (TPSA) is 73.4 Å². The van der Waals surface area contributed by atoms with Gasteiger partial charge < -0.3 is 10.1 Å². The molecule has 2 N–H and O–H groups in total. The van der Waals surface area contributed by atoms with Gasteiger partial charge in [0.2, 0.25) is 0 Å². The Balaban J connectivity index is 2.20. The molecule has 0 aliphatic carbocycles. The van der Waals surface area contributed by atoms with Crippen LogP contribution in [0.1, 0.15) is 71.6 Å². The summed E-state index contributed by atoms with van der Waals surface area (Å²) >= 11 is 0. The zero-order valence-corrected chi connectivity index (χ0v) is 14.4. The maximum atomic E-state index is 12.8. The highest BCUT2D eigenvalue weighted by Crippen LogP contribution is 2.23. The van der Waals surface area contributed by atoms with E-state index in [0.717, 1.165) is 43.5 Å². The number of aliphatic hydroxyl groups excluding tert-OH is 1. The van der Waals surface area contributed by atoms with Gasteiger partial charge >= 0.3 is 0 Å². The number of aliphatic hydroxyl groups is 1. The van der Waals surface area contributed by atoms with Crippen molar-refractivity contribution < 1.29 is 14.7 Å². The number of rotatable bonds is 7. The molecule has 1 aromatic rings. The first-order chi connectivity index (χ1) is 11.0. The third-order valence-electron chi connectivity index (χ3n) is 4.83. The van der Waals surface area contributed by atoms with Gasteiger partial charge in [0.15, 0.2) is 11.6 Å². The average Bonchev–Trinajstić information content (AvgIpc) is 2.86. The van der Waals surface area contributed by atoms with Crippen LogP contribution in [0.15, 0.2) is 0 Å². The molecule has 0 spiro atoms. The molecule has 0 saturated carbocycles. The van der Waals surface area contributed by atoms with Crippen molar-refractivity contribution in [1.29, 1.82) is 0 Å². The fraction of sp³-hybridized carbons (Fsp3) is 0.667. The normalized spacial score (nSPS) is 19.0. The number of H-pyrrole nitrogens is 1. The van der Waals surface area contributed by atoms with Gasteiger partial charge in [0.25, 0.3) is 0 Å². The molecule has 1 aliphatic rings. The van der Waals surface area contributed by atoms with Crippen LogP contribution in [0.3, 0.4) is 0 Å². The molecular weight excluding hydrogens is 292 g/mol. The Morgan fingerprint density at radius 3 is 2.70 bits per heavy atom. The monoisotopic (exact) mass is 320 g/mol. The van der Waals surface area contributed by atoms with E-state index in [4.69, 9.17) is 0 Å². The van der Waals surface area contributed by atoms with Crippen LogP contribution < -0.4 is 0 Å². The van der Waals surface area contributed by atoms with E-state index in [1.54, 1.807) is 6.92 Å². The molecule has 5 nitrogen and oxygen atoms in total. The summed E-state index contributed by atoms with van der Waals surface area (Å²) in [6.07, 6.45) is 4.68. The maximum absolute atomic E-state index is 12.8. The van der Waals surface area contributed by atoms with Crippen molar-refractivity contribution >= 4 is 11.6 Å². The van der Waals surface area contributed by atoms with Crippen LogP contribution >= 0.6 is 0 Å². The first-order valence-corrected chi connectivity index (χ1v) is 8.60. The number of piperidine rings is 1. The summed E-state index contributed by atoms with van der Waals surface area (Å²) in [7, 11) is 0. The van der Waals surface area contributed by atoms with Gasteiger partial charge in [-0.2, -0.15) is 0 Å². The van der Waals surface area contributed by atoms with E-state index in [2.05, 4.69) is 9.88 Å². The van der Waals surface area contributed by atoms with Crippen LogP contribution in [-0.2, 0) is 6.42 Å². The lowest BCUT2D eigenvalue weighted by Gasteiger charge is -2.34. The number of hydrogen-bond acceptors (Lipinski definition) is 4. The van der Waals surface area contributed by atoms with Gasteiger partial charge in [-0.1, -0.05) is 13.3 Å². The highest BCUT2D eigenvalue weighted by atomic mass is 16.3. The largest absolute Gasteiger partial charge is 0.396 e. The summed E-state index contributed by atoms with van der Waals surface area (Å²) in [6.45, 7) is 6.78. The molecule has 1 unspecified atom stereocenters. The molecule has 1 aromatic heterocycles. The van der Waals surface area contributed by atoms with E-state index >= 15 is 0 Å². The summed E-state index contributed by atoms with van der Waals surface area (Å²) in [5, 5.41) is 9.22. The third kappa shape index (κ3) is 3.90. The lowest BCUT2D eigenvalue weighted by Crippen LogP contribution is -2.43. The van der Waals surface area contributed by atoms with Crippen LogP contribution in [0.2, 0.25) is 0 Å². The number of carbonyl (C=O) groups excluding carboxylic acids is 2. The van der Waals surface area contributed by atoms with E-state index in [0.29, 0.717) is 24.2 Å². The molecule has 1 saturated heterocycles.